The molecule has 0 bridgehead atoms. The SMILES string of the molecule is CC[C@]1(O)CC[C@@]2(C)C(=CC[C@@]3(C)[C@@H]4CC[C@H]([C@H](C)CCC(=O)OC)[C@@]4(C)CC[C@@H]32)C1. The van der Waals surface area contributed by atoms with E-state index in [1.807, 2.05) is 0 Å². The second-order valence-electron chi connectivity index (χ2n) is 12.5. The van der Waals surface area contributed by atoms with E-state index in [2.05, 4.69) is 40.7 Å². The van der Waals surface area contributed by atoms with E-state index in [-0.39, 0.29) is 11.4 Å². The molecule has 8 atom stereocenters. The summed E-state index contributed by atoms with van der Waals surface area (Å²) in [6.45, 7) is 12.2. The van der Waals surface area contributed by atoms with Gasteiger partial charge in [-0.3, -0.25) is 4.79 Å². The van der Waals surface area contributed by atoms with Crippen molar-refractivity contribution in [3.8, 4) is 0 Å². The average Bonchev–Trinajstić information content (AvgIpc) is 3.11. The lowest BCUT2D eigenvalue weighted by Gasteiger charge is -2.64. The van der Waals surface area contributed by atoms with E-state index in [1.165, 1.54) is 39.2 Å². The van der Waals surface area contributed by atoms with Crippen molar-refractivity contribution in [2.45, 2.75) is 111 Å². The number of hydrogen-bond donors (Lipinski definition) is 1. The first-order valence-corrected chi connectivity index (χ1v) is 13.0. The van der Waals surface area contributed by atoms with Crippen LogP contribution in [0.3, 0.4) is 0 Å². The van der Waals surface area contributed by atoms with Crippen molar-refractivity contribution in [3.63, 3.8) is 0 Å². The van der Waals surface area contributed by atoms with Gasteiger partial charge in [0.25, 0.3) is 0 Å². The lowest BCUT2D eigenvalue weighted by Crippen LogP contribution is -2.57. The lowest BCUT2D eigenvalue weighted by molar-refractivity contribution is -0.141. The molecule has 176 valence electrons. The first-order valence-electron chi connectivity index (χ1n) is 13.0. The molecule has 0 aromatic heterocycles. The van der Waals surface area contributed by atoms with E-state index >= 15 is 0 Å². The normalized spacial score (nSPS) is 47.6. The van der Waals surface area contributed by atoms with Gasteiger partial charge in [-0.25, -0.2) is 0 Å². The van der Waals surface area contributed by atoms with Crippen molar-refractivity contribution in [1.82, 2.24) is 0 Å². The summed E-state index contributed by atoms with van der Waals surface area (Å²) in [6.07, 6.45) is 14.4. The number of carbonyl (C=O) groups is 1. The first-order chi connectivity index (χ1) is 14.5. The molecule has 0 radical (unpaired) electrons. The Morgan fingerprint density at radius 2 is 1.87 bits per heavy atom. The number of esters is 1. The van der Waals surface area contributed by atoms with Crippen LogP contribution in [-0.4, -0.2) is 23.8 Å². The predicted molar refractivity (Wildman–Crippen MR) is 125 cm³/mol. The maximum absolute atomic E-state index is 11.7. The van der Waals surface area contributed by atoms with Crippen LogP contribution in [0.1, 0.15) is 105 Å². The Balaban J connectivity index is 1.57. The first kappa shape index (κ1) is 23.3. The monoisotopic (exact) mass is 430 g/mol. The average molecular weight is 431 g/mol. The number of ether oxygens (including phenoxy) is 1. The fourth-order valence-electron chi connectivity index (χ4n) is 9.29. The zero-order chi connectivity index (χ0) is 22.7. The molecule has 3 fully saturated rings. The summed E-state index contributed by atoms with van der Waals surface area (Å²) in [5.74, 6) is 2.74. The van der Waals surface area contributed by atoms with Gasteiger partial charge in [0.2, 0.25) is 0 Å². The second kappa shape index (κ2) is 7.89. The highest BCUT2D eigenvalue weighted by molar-refractivity contribution is 5.69. The van der Waals surface area contributed by atoms with Crippen molar-refractivity contribution in [2.24, 2.45) is 39.9 Å². The molecule has 0 aliphatic heterocycles. The molecular weight excluding hydrogens is 384 g/mol. The molecule has 1 N–H and O–H groups in total. The Morgan fingerprint density at radius 1 is 1.13 bits per heavy atom. The van der Waals surface area contributed by atoms with Gasteiger partial charge in [-0.05, 0) is 104 Å². The van der Waals surface area contributed by atoms with Crippen LogP contribution in [0.25, 0.3) is 0 Å². The minimum atomic E-state index is -0.476. The third-order valence-corrected chi connectivity index (χ3v) is 11.3. The van der Waals surface area contributed by atoms with Gasteiger partial charge in [-0.15, -0.1) is 0 Å². The Bertz CT molecular complexity index is 743. The largest absolute Gasteiger partial charge is 0.469 e. The Labute approximate surface area is 190 Å². The number of hydrogen-bond acceptors (Lipinski definition) is 3. The zero-order valence-corrected chi connectivity index (χ0v) is 20.9. The molecule has 31 heavy (non-hydrogen) atoms. The highest BCUT2D eigenvalue weighted by Gasteiger charge is 2.64. The molecule has 0 saturated heterocycles. The van der Waals surface area contributed by atoms with E-state index in [0.29, 0.717) is 23.2 Å². The third-order valence-electron chi connectivity index (χ3n) is 11.3. The number of methoxy groups -OCH3 is 1. The van der Waals surface area contributed by atoms with E-state index < -0.39 is 5.60 Å². The van der Waals surface area contributed by atoms with Crippen molar-refractivity contribution < 1.29 is 14.6 Å². The molecule has 4 aliphatic rings. The van der Waals surface area contributed by atoms with E-state index in [9.17, 15) is 9.90 Å². The molecule has 4 aliphatic carbocycles. The fraction of sp³-hybridized carbons (Fsp3) is 0.893. The van der Waals surface area contributed by atoms with E-state index in [1.54, 1.807) is 5.57 Å². The van der Waals surface area contributed by atoms with Gasteiger partial charge in [0.05, 0.1) is 12.7 Å². The number of fused-ring (bicyclic) bond motifs is 5. The Morgan fingerprint density at radius 3 is 2.55 bits per heavy atom. The molecule has 0 aromatic carbocycles. The minimum Gasteiger partial charge on any atom is -0.469 e. The minimum absolute atomic E-state index is 0.0653. The number of rotatable bonds is 5. The van der Waals surface area contributed by atoms with Gasteiger partial charge in [0.15, 0.2) is 0 Å². The van der Waals surface area contributed by atoms with Gasteiger partial charge in [-0.2, -0.15) is 0 Å². The van der Waals surface area contributed by atoms with Crippen molar-refractivity contribution >= 4 is 5.97 Å². The smallest absolute Gasteiger partial charge is 0.305 e. The molecule has 0 amide bonds. The number of allylic oxidation sites excluding steroid dienone is 1. The highest BCUT2D eigenvalue weighted by Crippen LogP contribution is 2.72. The Kier molecular flexibility index (Phi) is 5.94. The van der Waals surface area contributed by atoms with Crippen LogP contribution >= 0.6 is 0 Å². The standard InChI is InChI=1S/C28H46O3/c1-7-28(30)17-16-25(3)20(18-28)12-14-27(5)22-10-9-21(19(2)8-11-24(29)31-6)26(22,4)15-13-23(25)27/h12,19,21-23,30H,7-11,13-18H2,1-6H3/t19-,21-,22-,23-,25+,26-,27+,28+/m1/s1. The van der Waals surface area contributed by atoms with Crippen molar-refractivity contribution in [1.29, 1.82) is 0 Å². The second-order valence-corrected chi connectivity index (χ2v) is 12.5. The van der Waals surface area contributed by atoms with Crippen LogP contribution in [-0.2, 0) is 9.53 Å². The van der Waals surface area contributed by atoms with Crippen LogP contribution in [0.2, 0.25) is 0 Å². The molecule has 3 saturated carbocycles. The topological polar surface area (TPSA) is 46.5 Å². The highest BCUT2D eigenvalue weighted by atomic mass is 16.5. The summed E-state index contributed by atoms with van der Waals surface area (Å²) in [6, 6.07) is 0. The molecule has 0 aromatic rings. The summed E-state index contributed by atoms with van der Waals surface area (Å²) in [7, 11) is 1.50. The van der Waals surface area contributed by atoms with Gasteiger partial charge in [0, 0.05) is 6.42 Å². The predicted octanol–water partition coefficient (Wildman–Crippen LogP) is 6.69. The van der Waals surface area contributed by atoms with Gasteiger partial charge in [-0.1, -0.05) is 46.3 Å². The number of carbonyl (C=O) groups excluding carboxylic acids is 1. The van der Waals surface area contributed by atoms with E-state index in [4.69, 9.17) is 4.74 Å². The molecule has 3 heteroatoms. The summed E-state index contributed by atoms with van der Waals surface area (Å²) in [4.78, 5) is 11.7. The van der Waals surface area contributed by atoms with Crippen LogP contribution in [0, 0.1) is 39.9 Å². The molecule has 0 spiro atoms. The number of aliphatic hydroxyl groups is 1. The molecular formula is C28H46O3. The van der Waals surface area contributed by atoms with Gasteiger partial charge >= 0.3 is 5.97 Å². The van der Waals surface area contributed by atoms with Crippen molar-refractivity contribution in [3.05, 3.63) is 11.6 Å². The molecule has 4 rings (SSSR count). The van der Waals surface area contributed by atoms with Crippen LogP contribution in [0.15, 0.2) is 11.6 Å². The van der Waals surface area contributed by atoms with Crippen molar-refractivity contribution in [2.75, 3.05) is 7.11 Å². The van der Waals surface area contributed by atoms with Crippen LogP contribution in [0.5, 0.6) is 0 Å². The molecule has 3 nitrogen and oxygen atoms in total. The van der Waals surface area contributed by atoms with Gasteiger partial charge in [0.1, 0.15) is 0 Å². The third kappa shape index (κ3) is 3.52. The van der Waals surface area contributed by atoms with Gasteiger partial charge < -0.3 is 9.84 Å². The maximum atomic E-state index is 11.7. The zero-order valence-electron chi connectivity index (χ0n) is 20.9. The Hall–Kier alpha value is -0.830. The summed E-state index contributed by atoms with van der Waals surface area (Å²) < 4.78 is 4.90. The van der Waals surface area contributed by atoms with Crippen LogP contribution in [0.4, 0.5) is 0 Å². The summed E-state index contributed by atoms with van der Waals surface area (Å²) in [5, 5.41) is 11.0. The molecule has 0 heterocycles. The summed E-state index contributed by atoms with van der Waals surface area (Å²) in [5.41, 5.74) is 2.11. The van der Waals surface area contributed by atoms with Crippen LogP contribution < -0.4 is 0 Å². The summed E-state index contributed by atoms with van der Waals surface area (Å²) >= 11 is 0. The quantitative estimate of drug-likeness (QED) is 0.390. The van der Waals surface area contributed by atoms with E-state index in [0.717, 1.165) is 49.9 Å². The lowest BCUT2D eigenvalue weighted by atomic mass is 9.41. The maximum Gasteiger partial charge on any atom is 0.305 e. The molecule has 0 unspecified atom stereocenters. The fourth-order valence-corrected chi connectivity index (χ4v) is 9.29.